The first-order valence-corrected chi connectivity index (χ1v) is 7.93. The quantitative estimate of drug-likeness (QED) is 0.797. The average Bonchev–Trinajstić information content (AvgIpc) is 2.44. The lowest BCUT2D eigenvalue weighted by Crippen LogP contribution is -2.10. The molecule has 1 fully saturated rings. The molecule has 1 aromatic carbocycles. The molecule has 0 atom stereocenters. The molecule has 0 spiro atoms. The van der Waals surface area contributed by atoms with Gasteiger partial charge in [-0.05, 0) is 37.0 Å². The first-order valence-electron chi connectivity index (χ1n) is 6.94. The van der Waals surface area contributed by atoms with Gasteiger partial charge in [0.25, 0.3) is 0 Å². The molecule has 0 saturated heterocycles. The Morgan fingerprint density at radius 3 is 2.83 bits per heavy atom. The maximum Gasteiger partial charge on any atom is 0.120 e. The van der Waals surface area contributed by atoms with Crippen molar-refractivity contribution in [2.75, 3.05) is 18.9 Å². The van der Waals surface area contributed by atoms with Gasteiger partial charge in [0.15, 0.2) is 0 Å². The summed E-state index contributed by atoms with van der Waals surface area (Å²) >= 11 is 1.96. The zero-order valence-electron chi connectivity index (χ0n) is 10.9. The van der Waals surface area contributed by atoms with Gasteiger partial charge in [-0.3, -0.25) is 0 Å². The highest BCUT2D eigenvalue weighted by molar-refractivity contribution is 7.99. The molecular formula is C15H23NOS. The second-order valence-corrected chi connectivity index (χ2v) is 6.02. The summed E-state index contributed by atoms with van der Waals surface area (Å²) in [4.78, 5) is 1.31. The van der Waals surface area contributed by atoms with Crippen molar-refractivity contribution >= 4 is 11.8 Å². The third kappa shape index (κ3) is 4.54. The maximum absolute atomic E-state index is 5.55. The number of ether oxygens (including phenoxy) is 1. The van der Waals surface area contributed by atoms with Crippen LogP contribution in [0.3, 0.4) is 0 Å². The van der Waals surface area contributed by atoms with E-state index in [0.29, 0.717) is 13.2 Å². The molecule has 100 valence electrons. The number of benzene rings is 1. The van der Waals surface area contributed by atoms with Crippen molar-refractivity contribution in [3.8, 4) is 5.75 Å². The first kappa shape index (κ1) is 13.8. The Balaban J connectivity index is 1.80. The van der Waals surface area contributed by atoms with Crippen molar-refractivity contribution < 1.29 is 4.74 Å². The molecule has 2 nitrogen and oxygen atoms in total. The normalized spacial score (nSPS) is 16.7. The van der Waals surface area contributed by atoms with Crippen molar-refractivity contribution in [3.63, 3.8) is 0 Å². The van der Waals surface area contributed by atoms with Gasteiger partial charge in [0, 0.05) is 17.2 Å². The Labute approximate surface area is 114 Å². The predicted molar refractivity (Wildman–Crippen MR) is 78.3 cm³/mol. The molecule has 2 rings (SSSR count). The molecule has 0 aromatic heterocycles. The molecule has 0 bridgehead atoms. The summed E-state index contributed by atoms with van der Waals surface area (Å²) in [5.74, 6) is 3.10. The maximum atomic E-state index is 5.55. The van der Waals surface area contributed by atoms with Gasteiger partial charge in [0.05, 0.1) is 0 Å². The number of thioether (sulfide) groups is 1. The van der Waals surface area contributed by atoms with Crippen LogP contribution in [0, 0.1) is 5.92 Å². The topological polar surface area (TPSA) is 35.2 Å². The van der Waals surface area contributed by atoms with E-state index in [9.17, 15) is 0 Å². The second-order valence-electron chi connectivity index (χ2n) is 4.93. The van der Waals surface area contributed by atoms with Gasteiger partial charge in [-0.15, -0.1) is 11.8 Å². The molecule has 0 unspecified atom stereocenters. The molecule has 0 aliphatic heterocycles. The SMILES string of the molecule is NCCOc1cccc(SCC2CCCCC2)c1. The van der Waals surface area contributed by atoms with Gasteiger partial charge < -0.3 is 10.5 Å². The average molecular weight is 265 g/mol. The van der Waals surface area contributed by atoms with E-state index in [-0.39, 0.29) is 0 Å². The minimum Gasteiger partial charge on any atom is -0.492 e. The highest BCUT2D eigenvalue weighted by Crippen LogP contribution is 2.31. The van der Waals surface area contributed by atoms with Crippen molar-refractivity contribution in [1.82, 2.24) is 0 Å². The van der Waals surface area contributed by atoms with Crippen LogP contribution in [-0.4, -0.2) is 18.9 Å². The van der Waals surface area contributed by atoms with E-state index in [4.69, 9.17) is 10.5 Å². The molecule has 0 heterocycles. The summed E-state index contributed by atoms with van der Waals surface area (Å²) in [6.45, 7) is 1.16. The third-order valence-corrected chi connectivity index (χ3v) is 4.63. The Hall–Kier alpha value is -0.670. The lowest BCUT2D eigenvalue weighted by atomic mass is 9.91. The largest absolute Gasteiger partial charge is 0.492 e. The summed E-state index contributed by atoms with van der Waals surface area (Å²) in [5, 5.41) is 0. The van der Waals surface area contributed by atoms with Crippen LogP contribution in [0.25, 0.3) is 0 Å². The fourth-order valence-electron chi connectivity index (χ4n) is 2.40. The molecule has 18 heavy (non-hydrogen) atoms. The lowest BCUT2D eigenvalue weighted by molar-refractivity contribution is 0.327. The van der Waals surface area contributed by atoms with E-state index >= 15 is 0 Å². The predicted octanol–water partition coefficient (Wildman–Crippen LogP) is 3.70. The molecule has 3 heteroatoms. The number of hydrogen-bond donors (Lipinski definition) is 1. The van der Waals surface area contributed by atoms with E-state index in [0.717, 1.165) is 11.7 Å². The number of rotatable bonds is 6. The highest BCUT2D eigenvalue weighted by Gasteiger charge is 2.13. The molecule has 0 amide bonds. The summed E-state index contributed by atoms with van der Waals surface area (Å²) in [5.41, 5.74) is 5.44. The van der Waals surface area contributed by atoms with Gasteiger partial charge >= 0.3 is 0 Å². The van der Waals surface area contributed by atoms with Gasteiger partial charge in [0.1, 0.15) is 12.4 Å². The summed E-state index contributed by atoms with van der Waals surface area (Å²) < 4.78 is 5.55. The highest BCUT2D eigenvalue weighted by atomic mass is 32.2. The van der Waals surface area contributed by atoms with Crippen molar-refractivity contribution in [3.05, 3.63) is 24.3 Å². The first-order chi connectivity index (χ1) is 8.88. The van der Waals surface area contributed by atoms with Crippen molar-refractivity contribution in [1.29, 1.82) is 0 Å². The smallest absolute Gasteiger partial charge is 0.120 e. The Morgan fingerprint density at radius 1 is 1.22 bits per heavy atom. The van der Waals surface area contributed by atoms with Gasteiger partial charge in [-0.25, -0.2) is 0 Å². The van der Waals surface area contributed by atoms with Crippen LogP contribution >= 0.6 is 11.8 Å². The molecule has 1 aliphatic rings. The zero-order valence-corrected chi connectivity index (χ0v) is 11.8. The van der Waals surface area contributed by atoms with Crippen LogP contribution in [0.1, 0.15) is 32.1 Å². The summed E-state index contributed by atoms with van der Waals surface area (Å²) in [6, 6.07) is 8.36. The molecular weight excluding hydrogens is 242 g/mol. The van der Waals surface area contributed by atoms with E-state index in [1.807, 2.05) is 17.8 Å². The number of nitrogens with two attached hydrogens (primary N) is 1. The van der Waals surface area contributed by atoms with Gasteiger partial charge in [-0.1, -0.05) is 25.3 Å². The van der Waals surface area contributed by atoms with E-state index in [2.05, 4.69) is 18.2 Å². The lowest BCUT2D eigenvalue weighted by Gasteiger charge is -2.21. The van der Waals surface area contributed by atoms with Crippen LogP contribution in [0.5, 0.6) is 5.75 Å². The van der Waals surface area contributed by atoms with E-state index in [1.54, 1.807) is 0 Å². The fraction of sp³-hybridized carbons (Fsp3) is 0.600. The third-order valence-electron chi connectivity index (χ3n) is 3.40. The fourth-order valence-corrected chi connectivity index (χ4v) is 3.53. The number of hydrogen-bond acceptors (Lipinski definition) is 3. The monoisotopic (exact) mass is 265 g/mol. The van der Waals surface area contributed by atoms with Crippen molar-refractivity contribution in [2.45, 2.75) is 37.0 Å². The minimum absolute atomic E-state index is 0.569. The van der Waals surface area contributed by atoms with Crippen molar-refractivity contribution in [2.24, 2.45) is 11.7 Å². The second kappa shape index (κ2) is 7.70. The Kier molecular flexibility index (Phi) is 5.88. The van der Waals surface area contributed by atoms with Crippen LogP contribution in [0.4, 0.5) is 0 Å². The van der Waals surface area contributed by atoms with Crippen LogP contribution in [-0.2, 0) is 0 Å². The van der Waals surface area contributed by atoms with Gasteiger partial charge in [-0.2, -0.15) is 0 Å². The molecule has 1 aliphatic carbocycles. The molecule has 0 radical (unpaired) electrons. The summed E-state index contributed by atoms with van der Waals surface area (Å²) in [6.07, 6.45) is 7.10. The van der Waals surface area contributed by atoms with Crippen LogP contribution < -0.4 is 10.5 Å². The Bertz CT molecular complexity index is 350. The van der Waals surface area contributed by atoms with Crippen LogP contribution in [0.15, 0.2) is 29.2 Å². The molecule has 1 aromatic rings. The molecule has 2 N–H and O–H groups in total. The standard InChI is InChI=1S/C15H23NOS/c16-9-10-17-14-7-4-8-15(11-14)18-12-13-5-2-1-3-6-13/h4,7-8,11,13H,1-3,5-6,9-10,12,16H2. The van der Waals surface area contributed by atoms with Crippen LogP contribution in [0.2, 0.25) is 0 Å². The van der Waals surface area contributed by atoms with E-state index in [1.165, 1.54) is 42.8 Å². The molecule has 1 saturated carbocycles. The van der Waals surface area contributed by atoms with E-state index < -0.39 is 0 Å². The Morgan fingerprint density at radius 2 is 2.06 bits per heavy atom. The summed E-state index contributed by atoms with van der Waals surface area (Å²) in [7, 11) is 0. The minimum atomic E-state index is 0.569. The zero-order chi connectivity index (χ0) is 12.6. The van der Waals surface area contributed by atoms with Gasteiger partial charge in [0.2, 0.25) is 0 Å².